The summed E-state index contributed by atoms with van der Waals surface area (Å²) in [6.45, 7) is 28.7. The van der Waals surface area contributed by atoms with Crippen molar-refractivity contribution in [3.63, 3.8) is 0 Å². The van der Waals surface area contributed by atoms with Crippen molar-refractivity contribution < 1.29 is 101 Å². The van der Waals surface area contributed by atoms with E-state index in [4.69, 9.17) is 123 Å². The molecule has 0 aliphatic carbocycles. The Morgan fingerprint density at radius 2 is 1.03 bits per heavy atom. The Kier molecular flexibility index (Phi) is 33.1. The number of alkyl halides is 3. The minimum Gasteiger partial charge on any atom is -0.495 e. The van der Waals surface area contributed by atoms with Gasteiger partial charge in [0.25, 0.3) is 6.48 Å². The standard InChI is InChI=1S/C11H10Cl3N3O.C7H11ClO2.2C7H13FO.C7H12O4.C7H12O3.C7H10O2.C7H14O2.C6H12O3/c12-6-5-7-10(16-9(6)13)17(11(14)15-7)8-3-1-2-4-18-8;1-4-2-9-7-5(8)3-10-6(4)7;2*1-3-6-7(8)5(2)4-9-6;1-4-2-9-5-3-10-7(8)11-6(4)5;1-4-2-9-7-5(8)3-10-6(4)7;1-5-4-9-6-2-3-8-7(5)6;1-3-6-7(8)5(2)4-9-6;1-4-3-9-5(2-7)6(4)8/h5,8H,1-4H2;4-7H,2-3H2,1H3;2*5-7H,3-4H2,1-2H3;4-8H,2-3H2,1H3;4-8H,2-3H2,1H3;2-3,5-7H,4H2,1H3;5-8H,3-4H2,1-2H3;4-8H,2-3H2,1H3/t;4-,5+,6-,7-;2*5-,6-,7+;4-,5-,6-,7?;4-,5-,6-,7-;2*5-,6-,7-;4-,5-,6-/m.11111111/s1. The molecule has 2 aromatic rings. The molecule has 12 saturated heterocycles. The van der Waals surface area contributed by atoms with E-state index in [0.29, 0.717) is 103 Å². The van der Waals surface area contributed by atoms with E-state index in [1.54, 1.807) is 16.9 Å². The molecule has 0 saturated carbocycles. The molecule has 15 heterocycles. The average Bonchev–Trinajstić information content (AvgIpc) is 1.62. The molecule has 0 spiro atoms. The molecule has 0 radical (unpaired) electrons. The van der Waals surface area contributed by atoms with Crippen LogP contribution in [0.1, 0.15) is 121 Å². The fraction of sp³-hybridized carbons (Fsp3) is 0.879. The van der Waals surface area contributed by atoms with E-state index < -0.39 is 31.0 Å². The van der Waals surface area contributed by atoms with Crippen LogP contribution in [0.4, 0.5) is 8.78 Å². The number of hydrogen-bond acceptors (Lipinski definition) is 21. The van der Waals surface area contributed by atoms with Crippen molar-refractivity contribution in [2.75, 3.05) is 85.9 Å². The summed E-state index contributed by atoms with van der Waals surface area (Å²) in [5.74, 6) is 2.60. The van der Waals surface area contributed by atoms with Crippen molar-refractivity contribution in [2.45, 2.75) is 237 Å². The predicted octanol–water partition coefficient (Wildman–Crippen LogP) is 9.25. The van der Waals surface area contributed by atoms with E-state index in [-0.39, 0.29) is 114 Å². The van der Waals surface area contributed by atoms with Gasteiger partial charge in [-0.2, -0.15) is 0 Å². The second-order valence-electron chi connectivity index (χ2n) is 26.9. The maximum atomic E-state index is 12.9. The highest BCUT2D eigenvalue weighted by atomic mass is 35.5. The van der Waals surface area contributed by atoms with E-state index in [1.807, 2.05) is 61.5 Å². The predicted molar refractivity (Wildman–Crippen MR) is 348 cm³/mol. The van der Waals surface area contributed by atoms with E-state index in [2.05, 4.69) is 30.7 Å². The first kappa shape index (κ1) is 79.8. The minimum absolute atomic E-state index is 0.0127. The zero-order chi connectivity index (χ0) is 68.5. The number of imidazole rings is 1. The van der Waals surface area contributed by atoms with Gasteiger partial charge in [-0.1, -0.05) is 99.4 Å². The van der Waals surface area contributed by atoms with Crippen LogP contribution in [0.5, 0.6) is 0 Å². The summed E-state index contributed by atoms with van der Waals surface area (Å²) in [5.41, 5.74) is 1.24. The lowest BCUT2D eigenvalue weighted by molar-refractivity contribution is -0.329. The van der Waals surface area contributed by atoms with Gasteiger partial charge in [0, 0.05) is 54.0 Å². The number of nitrogens with zero attached hydrogens (tertiary/aromatic N) is 3. The molecule has 28 atom stereocenters. The van der Waals surface area contributed by atoms with Crippen molar-refractivity contribution in [1.82, 2.24) is 14.5 Å². The van der Waals surface area contributed by atoms with Crippen LogP contribution >= 0.6 is 46.4 Å². The number of hydrogen-bond donors (Lipinski definition) is 5. The molecule has 0 amide bonds. The summed E-state index contributed by atoms with van der Waals surface area (Å²) in [5, 5.41) is 46.4. The molecule has 22 nitrogen and oxygen atoms in total. The molecule has 13 aliphatic rings. The number of aromatic nitrogens is 3. The highest BCUT2D eigenvalue weighted by molar-refractivity contribution is 6.41. The van der Waals surface area contributed by atoms with Gasteiger partial charge in [0.1, 0.15) is 72.0 Å². The SMILES string of the molecule is CC[C@H]1OC[C@@H](C)[C@@H]1F.CC[C@H]1OC[C@@H](C)[C@@H]1F.CC[C@H]1OC[C@@H](C)[C@H]1O.C[C@@H]1CO[C@@H]2C=CO[C@H]12.C[C@@H]1CO[C@@H]2COC(O)O[C@H]12.C[C@@H]1CO[C@H](CO)[C@@H]1O.C[C@@H]1CO[C@H]2[C@@H]1OC[C@@H]2Cl.C[C@@H]1CO[C@H]2[C@@H]1OC[C@H]2O.Clc1cc2nc(Cl)n(C3CCCCO3)c2nc1Cl. The van der Waals surface area contributed by atoms with E-state index >= 15 is 0 Å². The first-order valence-electron chi connectivity index (χ1n) is 33.9. The number of pyridine rings is 1. The molecule has 28 heteroatoms. The molecule has 542 valence electrons. The van der Waals surface area contributed by atoms with Gasteiger partial charge >= 0.3 is 0 Å². The zero-order valence-corrected chi connectivity index (χ0v) is 59.4. The van der Waals surface area contributed by atoms with Gasteiger partial charge in [0.15, 0.2) is 5.65 Å². The monoisotopic (exact) mass is 1420 g/mol. The molecule has 0 aromatic carbocycles. The quantitative estimate of drug-likeness (QED) is 0.138. The summed E-state index contributed by atoms with van der Waals surface area (Å²) < 4.78 is 101. The first-order chi connectivity index (χ1) is 44.9. The van der Waals surface area contributed by atoms with Crippen molar-refractivity contribution in [3.05, 3.63) is 33.9 Å². The topological polar surface area (TPSA) is 261 Å². The van der Waals surface area contributed by atoms with Crippen molar-refractivity contribution >= 4 is 57.6 Å². The van der Waals surface area contributed by atoms with Crippen LogP contribution in [0.15, 0.2) is 18.4 Å². The van der Waals surface area contributed by atoms with Crippen LogP contribution < -0.4 is 0 Å². The summed E-state index contributed by atoms with van der Waals surface area (Å²) in [4.78, 5) is 8.47. The number of ether oxygens (including phenoxy) is 14. The number of halogens is 6. The maximum Gasteiger partial charge on any atom is 0.269 e. The molecule has 15 rings (SSSR count). The summed E-state index contributed by atoms with van der Waals surface area (Å²) in [7, 11) is 0. The Morgan fingerprint density at radius 1 is 0.521 bits per heavy atom. The first-order valence-corrected chi connectivity index (χ1v) is 35.5. The molecule has 2 aromatic heterocycles. The third kappa shape index (κ3) is 21.5. The summed E-state index contributed by atoms with van der Waals surface area (Å²) in [6, 6.07) is 1.66. The number of fused-ring (bicyclic) bond motifs is 5. The lowest BCUT2D eigenvalue weighted by Crippen LogP contribution is -2.43. The van der Waals surface area contributed by atoms with Crippen LogP contribution in [0.25, 0.3) is 11.2 Å². The Morgan fingerprint density at radius 3 is 1.52 bits per heavy atom. The van der Waals surface area contributed by atoms with Gasteiger partial charge in [0.2, 0.25) is 5.28 Å². The van der Waals surface area contributed by atoms with E-state index in [0.717, 1.165) is 71.6 Å². The van der Waals surface area contributed by atoms with Crippen LogP contribution in [0, 0.1) is 47.3 Å². The highest BCUT2D eigenvalue weighted by Crippen LogP contribution is 2.36. The largest absolute Gasteiger partial charge is 0.495 e. The molecule has 12 fully saturated rings. The maximum absolute atomic E-state index is 12.9. The highest BCUT2D eigenvalue weighted by Gasteiger charge is 2.47. The Labute approximate surface area is 573 Å². The lowest BCUT2D eigenvalue weighted by atomic mass is 10.0. The second kappa shape index (κ2) is 39.0. The number of aliphatic hydroxyl groups excluding tert-OH is 5. The Bertz CT molecular complexity index is 2380. The molecule has 2 unspecified atom stereocenters. The molecular formula is C66H107Cl4F2N3O19. The molecule has 13 aliphatic heterocycles. The normalized spacial score (nSPS) is 42.4. The summed E-state index contributed by atoms with van der Waals surface area (Å²) >= 11 is 23.9. The van der Waals surface area contributed by atoms with Gasteiger partial charge in [-0.05, 0) is 62.3 Å². The third-order valence-corrected chi connectivity index (χ3v) is 20.3. The van der Waals surface area contributed by atoms with Gasteiger partial charge in [-0.15, -0.1) is 11.6 Å². The number of rotatable bonds is 5. The van der Waals surface area contributed by atoms with Crippen LogP contribution in [-0.4, -0.2) is 242 Å². The molecular weight excluding hydrogens is 1320 g/mol. The smallest absolute Gasteiger partial charge is 0.269 e. The molecule has 5 N–H and O–H groups in total. The number of aliphatic hydroxyl groups is 5. The van der Waals surface area contributed by atoms with Crippen LogP contribution in [0.3, 0.4) is 0 Å². The van der Waals surface area contributed by atoms with Gasteiger partial charge in [0.05, 0.1) is 145 Å². The Hall–Kier alpha value is -1.54. The fourth-order valence-corrected chi connectivity index (χ4v) is 13.7. The van der Waals surface area contributed by atoms with Crippen molar-refractivity contribution in [2.24, 2.45) is 47.3 Å². The van der Waals surface area contributed by atoms with Crippen molar-refractivity contribution in [3.8, 4) is 0 Å². The van der Waals surface area contributed by atoms with E-state index in [9.17, 15) is 24.1 Å². The second-order valence-corrected chi connectivity index (χ2v) is 28.5. The van der Waals surface area contributed by atoms with Gasteiger partial charge in [-0.25, -0.2) is 18.7 Å². The lowest BCUT2D eigenvalue weighted by Gasteiger charge is -2.29. The molecule has 0 bridgehead atoms. The average molecular weight is 1430 g/mol. The van der Waals surface area contributed by atoms with Crippen LogP contribution in [-0.2, 0) is 66.3 Å². The minimum atomic E-state index is -1.06. The Balaban J connectivity index is 0.000000151. The van der Waals surface area contributed by atoms with Gasteiger partial charge in [-0.3, -0.25) is 4.57 Å². The van der Waals surface area contributed by atoms with Gasteiger partial charge < -0.3 is 91.8 Å². The van der Waals surface area contributed by atoms with E-state index in [1.165, 1.54) is 0 Å². The van der Waals surface area contributed by atoms with Crippen molar-refractivity contribution in [1.29, 1.82) is 0 Å². The van der Waals surface area contributed by atoms with Crippen LogP contribution in [0.2, 0.25) is 15.5 Å². The zero-order valence-electron chi connectivity index (χ0n) is 56.4. The fourth-order valence-electron chi connectivity index (χ4n) is 12.9. The molecule has 94 heavy (non-hydrogen) atoms. The summed E-state index contributed by atoms with van der Waals surface area (Å²) in [6.07, 6.45) is 7.25. The third-order valence-electron chi connectivity index (χ3n) is 19.0.